The number of piperidine rings is 1. The van der Waals surface area contributed by atoms with Gasteiger partial charge in [-0.15, -0.1) is 0 Å². The molecular formula is C33H36N2O4. The molecule has 39 heavy (non-hydrogen) atoms. The molecule has 3 heterocycles. The lowest BCUT2D eigenvalue weighted by Gasteiger charge is -2.63. The van der Waals surface area contributed by atoms with E-state index < -0.39 is 5.60 Å². The van der Waals surface area contributed by atoms with Crippen molar-refractivity contribution in [1.82, 2.24) is 9.47 Å². The second kappa shape index (κ2) is 8.83. The lowest BCUT2D eigenvalue weighted by molar-refractivity contribution is -0.186. The third-order valence-electron chi connectivity index (χ3n) is 10.1. The number of aryl methyl sites for hydroxylation is 1. The van der Waals surface area contributed by atoms with Crippen molar-refractivity contribution in [2.75, 3.05) is 27.8 Å². The Bertz CT molecular complexity index is 1490. The standard InChI is InChI=1S/C33H36N2O4/c1-34-17-16-32-28-22-11-15-26(37-3)30(28)39-31(32)29-23(20-33(32,38-4)27(34)19-22)18-24(35(29)2)12-14-25(36)13-10-21-8-6-5-7-9-21/h5-9,11-12,14-15,18,27,31H,10,13,16-17,19-20H2,1-4H3/b14-12+/t27-,31-,32-,33+/m0/s1. The molecule has 6 nitrogen and oxygen atoms in total. The molecular weight excluding hydrogens is 488 g/mol. The van der Waals surface area contributed by atoms with Crippen LogP contribution in [0.25, 0.3) is 6.08 Å². The summed E-state index contributed by atoms with van der Waals surface area (Å²) in [6.07, 6.45) is 7.48. The fourth-order valence-electron chi connectivity index (χ4n) is 8.24. The highest BCUT2D eigenvalue weighted by molar-refractivity contribution is 5.93. The number of allylic oxidation sites excluding steroid dienone is 1. The molecule has 7 rings (SSSR count). The predicted octanol–water partition coefficient (Wildman–Crippen LogP) is 4.82. The summed E-state index contributed by atoms with van der Waals surface area (Å²) in [6, 6.07) is 16.9. The van der Waals surface area contributed by atoms with Crippen molar-refractivity contribution >= 4 is 11.9 Å². The molecule has 4 aliphatic rings. The van der Waals surface area contributed by atoms with Gasteiger partial charge in [0.05, 0.1) is 18.2 Å². The van der Waals surface area contributed by atoms with E-state index in [0.29, 0.717) is 6.42 Å². The highest BCUT2D eigenvalue weighted by atomic mass is 16.5. The van der Waals surface area contributed by atoms with Crippen LogP contribution in [-0.2, 0) is 41.3 Å². The first kappa shape index (κ1) is 24.7. The van der Waals surface area contributed by atoms with Gasteiger partial charge in [0, 0.05) is 44.3 Å². The monoisotopic (exact) mass is 524 g/mol. The molecule has 3 aromatic rings. The van der Waals surface area contributed by atoms with Crippen LogP contribution in [0.4, 0.5) is 0 Å². The number of methoxy groups -OCH3 is 2. The minimum atomic E-state index is -0.407. The van der Waals surface area contributed by atoms with E-state index in [4.69, 9.17) is 14.2 Å². The van der Waals surface area contributed by atoms with E-state index in [-0.39, 0.29) is 23.3 Å². The van der Waals surface area contributed by atoms with E-state index in [1.807, 2.05) is 31.4 Å². The highest BCUT2D eigenvalue weighted by Crippen LogP contribution is 2.69. The zero-order chi connectivity index (χ0) is 26.9. The smallest absolute Gasteiger partial charge is 0.166 e. The van der Waals surface area contributed by atoms with Gasteiger partial charge in [-0.3, -0.25) is 4.79 Å². The van der Waals surface area contributed by atoms with Crippen molar-refractivity contribution in [3.05, 3.63) is 88.2 Å². The number of hydrogen-bond donors (Lipinski definition) is 0. The molecule has 1 spiro atoms. The predicted molar refractivity (Wildman–Crippen MR) is 150 cm³/mol. The third kappa shape index (κ3) is 3.25. The van der Waals surface area contributed by atoms with Crippen molar-refractivity contribution in [2.45, 2.75) is 55.3 Å². The summed E-state index contributed by atoms with van der Waals surface area (Å²) < 4.78 is 21.7. The van der Waals surface area contributed by atoms with Gasteiger partial charge in [0.25, 0.3) is 0 Å². The Morgan fingerprint density at radius 1 is 1.13 bits per heavy atom. The Morgan fingerprint density at radius 3 is 2.72 bits per heavy atom. The average Bonchev–Trinajstić information content (AvgIpc) is 3.46. The topological polar surface area (TPSA) is 52.9 Å². The zero-order valence-corrected chi connectivity index (χ0v) is 23.2. The van der Waals surface area contributed by atoms with Gasteiger partial charge < -0.3 is 23.7 Å². The molecule has 2 aromatic carbocycles. The van der Waals surface area contributed by atoms with Crippen LogP contribution < -0.4 is 9.47 Å². The van der Waals surface area contributed by atoms with Crippen LogP contribution in [0.2, 0.25) is 0 Å². The summed E-state index contributed by atoms with van der Waals surface area (Å²) in [4.78, 5) is 15.3. The number of ether oxygens (including phenoxy) is 3. The second-order valence-electron chi connectivity index (χ2n) is 11.6. The van der Waals surface area contributed by atoms with E-state index in [2.05, 4.69) is 53.9 Å². The Hall–Kier alpha value is -3.35. The molecule has 2 aliphatic heterocycles. The number of rotatable bonds is 7. The number of likely N-dealkylation sites (tertiary alicyclic amines) is 1. The number of aromatic nitrogens is 1. The lowest BCUT2D eigenvalue weighted by atomic mass is 9.49. The van der Waals surface area contributed by atoms with Crippen molar-refractivity contribution in [3.8, 4) is 11.5 Å². The third-order valence-corrected chi connectivity index (χ3v) is 10.1. The minimum Gasteiger partial charge on any atom is -0.493 e. The van der Waals surface area contributed by atoms with E-state index >= 15 is 0 Å². The molecule has 2 bridgehead atoms. The first-order valence-corrected chi connectivity index (χ1v) is 14.0. The number of carbonyl (C=O) groups excluding carboxylic acids is 1. The quantitative estimate of drug-likeness (QED) is 0.415. The number of fused-ring (bicyclic) bond motifs is 2. The number of carbonyl (C=O) groups is 1. The maximum absolute atomic E-state index is 12.8. The van der Waals surface area contributed by atoms with E-state index in [1.165, 1.54) is 27.9 Å². The van der Waals surface area contributed by atoms with Crippen molar-refractivity contribution in [3.63, 3.8) is 0 Å². The molecule has 2 aliphatic carbocycles. The first-order valence-electron chi connectivity index (χ1n) is 14.0. The molecule has 1 aromatic heterocycles. The van der Waals surface area contributed by atoms with Crippen LogP contribution in [0.1, 0.15) is 52.6 Å². The van der Waals surface area contributed by atoms with Crippen molar-refractivity contribution in [2.24, 2.45) is 7.05 Å². The average molecular weight is 525 g/mol. The Morgan fingerprint density at radius 2 is 1.95 bits per heavy atom. The largest absolute Gasteiger partial charge is 0.493 e. The Kier molecular flexibility index (Phi) is 5.59. The van der Waals surface area contributed by atoms with Gasteiger partial charge in [0.15, 0.2) is 23.4 Å². The molecule has 1 fully saturated rings. The summed E-state index contributed by atoms with van der Waals surface area (Å²) in [7, 11) is 7.93. The molecule has 0 radical (unpaired) electrons. The maximum atomic E-state index is 12.8. The van der Waals surface area contributed by atoms with E-state index in [9.17, 15) is 4.79 Å². The van der Waals surface area contributed by atoms with Crippen LogP contribution in [0.5, 0.6) is 11.5 Å². The first-order chi connectivity index (χ1) is 18.9. The van der Waals surface area contributed by atoms with Crippen LogP contribution in [0, 0.1) is 0 Å². The van der Waals surface area contributed by atoms with Gasteiger partial charge in [-0.2, -0.15) is 0 Å². The van der Waals surface area contributed by atoms with Gasteiger partial charge in [0.1, 0.15) is 5.60 Å². The number of benzene rings is 2. The number of nitrogens with zero attached hydrogens (tertiary/aromatic N) is 2. The summed E-state index contributed by atoms with van der Waals surface area (Å²) in [5.41, 5.74) is 6.57. The number of hydrogen-bond acceptors (Lipinski definition) is 5. The minimum absolute atomic E-state index is 0.134. The van der Waals surface area contributed by atoms with Crippen LogP contribution in [0.3, 0.4) is 0 Å². The van der Waals surface area contributed by atoms with Crippen LogP contribution in [0.15, 0.2) is 54.6 Å². The molecule has 0 saturated carbocycles. The number of ketones is 1. The van der Waals surface area contributed by atoms with Gasteiger partial charge in [-0.05, 0) is 73.8 Å². The van der Waals surface area contributed by atoms with Crippen molar-refractivity contribution in [1.29, 1.82) is 0 Å². The van der Waals surface area contributed by atoms with E-state index in [0.717, 1.165) is 49.4 Å². The summed E-state index contributed by atoms with van der Waals surface area (Å²) in [5, 5.41) is 0. The Balaban J connectivity index is 1.29. The Labute approximate surface area is 230 Å². The van der Waals surface area contributed by atoms with Gasteiger partial charge in [-0.25, -0.2) is 0 Å². The summed E-state index contributed by atoms with van der Waals surface area (Å²) in [5.74, 6) is 1.81. The zero-order valence-electron chi connectivity index (χ0n) is 23.2. The van der Waals surface area contributed by atoms with Gasteiger partial charge in [-0.1, -0.05) is 36.4 Å². The molecule has 0 amide bonds. The fraction of sp³-hybridized carbons (Fsp3) is 0.424. The van der Waals surface area contributed by atoms with Crippen LogP contribution >= 0.6 is 0 Å². The highest BCUT2D eigenvalue weighted by Gasteiger charge is 2.73. The lowest BCUT2D eigenvalue weighted by Crippen LogP contribution is -2.74. The fourth-order valence-corrected chi connectivity index (χ4v) is 8.24. The van der Waals surface area contributed by atoms with Gasteiger partial charge >= 0.3 is 0 Å². The van der Waals surface area contributed by atoms with Gasteiger partial charge in [0.2, 0.25) is 0 Å². The normalized spacial score (nSPS) is 28.2. The SMILES string of the molecule is COc1ccc2c3c1O[C@H]1c4c(cc(/C=C/C(=O)CCc5ccccc5)n4C)C[C@@]4(OC)[C@H](C2)N(C)CC[C@]314. The van der Waals surface area contributed by atoms with E-state index in [1.54, 1.807) is 13.2 Å². The summed E-state index contributed by atoms with van der Waals surface area (Å²) in [6.45, 7) is 0.994. The maximum Gasteiger partial charge on any atom is 0.166 e. The molecule has 0 N–H and O–H groups in total. The molecule has 0 unspecified atom stereocenters. The number of likely N-dealkylation sites (N-methyl/N-ethyl adjacent to an activating group) is 1. The van der Waals surface area contributed by atoms with Crippen LogP contribution in [-0.4, -0.2) is 54.7 Å². The molecule has 4 atom stereocenters. The molecule has 1 saturated heterocycles. The summed E-state index contributed by atoms with van der Waals surface area (Å²) >= 11 is 0. The molecule has 202 valence electrons. The second-order valence-corrected chi connectivity index (χ2v) is 11.6. The molecule has 6 heteroatoms. The van der Waals surface area contributed by atoms with Crippen molar-refractivity contribution < 1.29 is 19.0 Å².